The summed E-state index contributed by atoms with van der Waals surface area (Å²) in [6, 6.07) is 15.0. The predicted molar refractivity (Wildman–Crippen MR) is 122 cm³/mol. The minimum absolute atomic E-state index is 0.0150. The van der Waals surface area contributed by atoms with Crippen LogP contribution in [0.1, 0.15) is 26.3 Å². The van der Waals surface area contributed by atoms with Crippen molar-refractivity contribution in [3.63, 3.8) is 0 Å². The van der Waals surface area contributed by atoms with Gasteiger partial charge in [-0.05, 0) is 37.3 Å². The summed E-state index contributed by atoms with van der Waals surface area (Å²) in [6.07, 6.45) is -0.0150. The topological polar surface area (TPSA) is 62.3 Å². The lowest BCUT2D eigenvalue weighted by molar-refractivity contribution is -0.0399. The van der Waals surface area contributed by atoms with Crippen LogP contribution in [-0.2, 0) is 4.74 Å². The van der Waals surface area contributed by atoms with Crippen molar-refractivity contribution >= 4 is 11.8 Å². The minimum atomic E-state index is -0.0150. The van der Waals surface area contributed by atoms with Crippen LogP contribution in [0.15, 0.2) is 48.5 Å². The fraction of sp³-hybridized carbons (Fsp3) is 0.440. The summed E-state index contributed by atoms with van der Waals surface area (Å²) in [4.78, 5) is 31.8. The van der Waals surface area contributed by atoms with Crippen LogP contribution in [0.2, 0.25) is 0 Å². The fourth-order valence-corrected chi connectivity index (χ4v) is 4.25. The van der Waals surface area contributed by atoms with Crippen molar-refractivity contribution in [1.82, 2.24) is 14.7 Å². The molecule has 0 bridgehead atoms. The maximum atomic E-state index is 12.9. The van der Waals surface area contributed by atoms with Gasteiger partial charge in [-0.15, -0.1) is 0 Å². The molecule has 32 heavy (non-hydrogen) atoms. The molecule has 2 amide bonds. The van der Waals surface area contributed by atoms with Crippen molar-refractivity contribution in [2.45, 2.75) is 13.0 Å². The molecule has 170 valence electrons. The molecule has 4 rings (SSSR count). The van der Waals surface area contributed by atoms with E-state index in [0.29, 0.717) is 44.1 Å². The Morgan fingerprint density at radius 1 is 0.938 bits per heavy atom. The molecule has 2 aromatic carbocycles. The number of hydrogen-bond acceptors (Lipinski definition) is 5. The third-order valence-corrected chi connectivity index (χ3v) is 6.16. The van der Waals surface area contributed by atoms with Gasteiger partial charge in [0, 0.05) is 56.9 Å². The molecule has 0 aromatic heterocycles. The normalized spacial score (nSPS) is 19.6. The van der Waals surface area contributed by atoms with Gasteiger partial charge in [0.2, 0.25) is 0 Å². The van der Waals surface area contributed by atoms with Gasteiger partial charge in [-0.3, -0.25) is 14.5 Å². The van der Waals surface area contributed by atoms with Crippen molar-refractivity contribution < 1.29 is 19.1 Å². The zero-order valence-electron chi connectivity index (χ0n) is 18.8. The highest BCUT2D eigenvalue weighted by Crippen LogP contribution is 2.17. The Balaban J connectivity index is 1.27. The summed E-state index contributed by atoms with van der Waals surface area (Å²) < 4.78 is 11.2. The molecule has 1 atom stereocenters. The molecule has 0 spiro atoms. The molecule has 2 aliphatic rings. The van der Waals surface area contributed by atoms with Crippen molar-refractivity contribution in [2.75, 3.05) is 59.5 Å². The zero-order chi connectivity index (χ0) is 22.5. The fourth-order valence-electron chi connectivity index (χ4n) is 4.25. The number of carbonyl (C=O) groups excluding carboxylic acids is 2. The Hall–Kier alpha value is -2.90. The van der Waals surface area contributed by atoms with Crippen molar-refractivity contribution in [1.29, 1.82) is 0 Å². The standard InChI is InChI=1S/C25H31N3O4/c1-19-6-8-20(9-7-19)24(29)28-14-15-32-23(18-28)17-26-10-12-27(13-11-26)25(30)21-4-3-5-22(16-21)31-2/h3-9,16,23H,10-15,17-18H2,1-2H3. The van der Waals surface area contributed by atoms with Gasteiger partial charge in [-0.25, -0.2) is 0 Å². The first kappa shape index (κ1) is 22.3. The summed E-state index contributed by atoms with van der Waals surface area (Å²) >= 11 is 0. The Morgan fingerprint density at radius 2 is 1.66 bits per heavy atom. The number of piperazine rings is 1. The number of hydrogen-bond donors (Lipinski definition) is 0. The van der Waals surface area contributed by atoms with Crippen LogP contribution in [0.5, 0.6) is 5.75 Å². The SMILES string of the molecule is COc1cccc(C(=O)N2CCN(CC3CN(C(=O)c4ccc(C)cc4)CCO3)CC2)c1. The van der Waals surface area contributed by atoms with Crippen LogP contribution in [0.4, 0.5) is 0 Å². The highest BCUT2D eigenvalue weighted by atomic mass is 16.5. The molecule has 7 heteroatoms. The molecule has 7 nitrogen and oxygen atoms in total. The van der Waals surface area contributed by atoms with Gasteiger partial charge in [-0.1, -0.05) is 23.8 Å². The predicted octanol–water partition coefficient (Wildman–Crippen LogP) is 2.30. The van der Waals surface area contributed by atoms with E-state index in [1.807, 2.05) is 59.2 Å². The lowest BCUT2D eigenvalue weighted by atomic mass is 10.1. The number of methoxy groups -OCH3 is 1. The Labute approximate surface area is 189 Å². The molecular formula is C25H31N3O4. The first-order valence-corrected chi connectivity index (χ1v) is 11.2. The molecule has 2 heterocycles. The number of ether oxygens (including phenoxy) is 2. The van der Waals surface area contributed by atoms with E-state index in [1.54, 1.807) is 13.2 Å². The summed E-state index contributed by atoms with van der Waals surface area (Å²) in [5.74, 6) is 0.785. The lowest BCUT2D eigenvalue weighted by Gasteiger charge is -2.39. The highest BCUT2D eigenvalue weighted by molar-refractivity contribution is 5.95. The third-order valence-electron chi connectivity index (χ3n) is 6.16. The second kappa shape index (κ2) is 10.1. The summed E-state index contributed by atoms with van der Waals surface area (Å²) in [5, 5.41) is 0. The van der Waals surface area contributed by atoms with E-state index in [0.717, 1.165) is 30.8 Å². The summed E-state index contributed by atoms with van der Waals surface area (Å²) in [5.41, 5.74) is 2.52. The number of morpholine rings is 1. The molecule has 0 saturated carbocycles. The molecule has 0 aliphatic carbocycles. The van der Waals surface area contributed by atoms with Gasteiger partial charge in [0.05, 0.1) is 19.8 Å². The summed E-state index contributed by atoms with van der Waals surface area (Å²) in [7, 11) is 1.60. The number of aryl methyl sites for hydroxylation is 1. The maximum Gasteiger partial charge on any atom is 0.254 e. The number of nitrogens with zero attached hydrogens (tertiary/aromatic N) is 3. The van der Waals surface area contributed by atoms with Crippen LogP contribution < -0.4 is 4.74 Å². The maximum absolute atomic E-state index is 12.9. The smallest absolute Gasteiger partial charge is 0.254 e. The summed E-state index contributed by atoms with van der Waals surface area (Å²) in [6.45, 7) is 7.48. The monoisotopic (exact) mass is 437 g/mol. The van der Waals surface area contributed by atoms with Crippen LogP contribution >= 0.6 is 0 Å². The van der Waals surface area contributed by atoms with Gasteiger partial charge in [0.15, 0.2) is 0 Å². The molecule has 0 radical (unpaired) electrons. The Morgan fingerprint density at radius 3 is 2.38 bits per heavy atom. The van der Waals surface area contributed by atoms with Crippen LogP contribution in [0, 0.1) is 6.92 Å². The number of rotatable bonds is 5. The number of carbonyl (C=O) groups is 2. The van der Waals surface area contributed by atoms with Crippen molar-refractivity contribution in [2.24, 2.45) is 0 Å². The lowest BCUT2D eigenvalue weighted by Crippen LogP contribution is -2.54. The Bertz CT molecular complexity index is 938. The average Bonchev–Trinajstić information content (AvgIpc) is 2.84. The van der Waals surface area contributed by atoms with E-state index < -0.39 is 0 Å². The van der Waals surface area contributed by atoms with Crippen LogP contribution in [-0.4, -0.2) is 92.1 Å². The van der Waals surface area contributed by atoms with Gasteiger partial charge in [0.25, 0.3) is 11.8 Å². The van der Waals surface area contributed by atoms with Gasteiger partial charge < -0.3 is 19.3 Å². The van der Waals surface area contributed by atoms with E-state index in [4.69, 9.17) is 9.47 Å². The average molecular weight is 438 g/mol. The zero-order valence-corrected chi connectivity index (χ0v) is 18.8. The van der Waals surface area contributed by atoms with E-state index in [2.05, 4.69) is 4.90 Å². The largest absolute Gasteiger partial charge is 0.497 e. The molecule has 2 saturated heterocycles. The molecular weight excluding hydrogens is 406 g/mol. The first-order chi connectivity index (χ1) is 15.5. The number of benzene rings is 2. The van der Waals surface area contributed by atoms with E-state index in [-0.39, 0.29) is 17.9 Å². The van der Waals surface area contributed by atoms with Gasteiger partial charge in [0.1, 0.15) is 5.75 Å². The molecule has 2 aliphatic heterocycles. The second-order valence-electron chi connectivity index (χ2n) is 8.43. The third kappa shape index (κ3) is 5.29. The first-order valence-electron chi connectivity index (χ1n) is 11.2. The van der Waals surface area contributed by atoms with Crippen LogP contribution in [0.3, 0.4) is 0 Å². The second-order valence-corrected chi connectivity index (χ2v) is 8.43. The van der Waals surface area contributed by atoms with Crippen molar-refractivity contribution in [3.8, 4) is 5.75 Å². The van der Waals surface area contributed by atoms with Crippen LogP contribution in [0.25, 0.3) is 0 Å². The quantitative estimate of drug-likeness (QED) is 0.718. The number of amides is 2. The molecule has 2 fully saturated rings. The van der Waals surface area contributed by atoms with E-state index in [9.17, 15) is 9.59 Å². The van der Waals surface area contributed by atoms with Crippen molar-refractivity contribution in [3.05, 3.63) is 65.2 Å². The molecule has 0 N–H and O–H groups in total. The highest BCUT2D eigenvalue weighted by Gasteiger charge is 2.29. The van der Waals surface area contributed by atoms with E-state index in [1.165, 1.54) is 0 Å². The van der Waals surface area contributed by atoms with E-state index >= 15 is 0 Å². The molecule has 2 aromatic rings. The molecule has 1 unspecified atom stereocenters. The van der Waals surface area contributed by atoms with Gasteiger partial charge in [-0.2, -0.15) is 0 Å². The van der Waals surface area contributed by atoms with Gasteiger partial charge >= 0.3 is 0 Å². The minimum Gasteiger partial charge on any atom is -0.497 e. The Kier molecular flexibility index (Phi) is 7.07.